The third-order valence-corrected chi connectivity index (χ3v) is 10.6. The van der Waals surface area contributed by atoms with Crippen LogP contribution in [0.1, 0.15) is 20.8 Å². The van der Waals surface area contributed by atoms with E-state index in [0.717, 1.165) is 6.92 Å². The number of amides is 1. The molecule has 0 spiro atoms. The molecule has 25 heteroatoms. The highest BCUT2D eigenvalue weighted by atomic mass is 16.8. The van der Waals surface area contributed by atoms with Crippen LogP contribution in [0.25, 0.3) is 0 Å². The lowest BCUT2D eigenvalue weighted by atomic mass is 9.94. The molecule has 5 heterocycles. The van der Waals surface area contributed by atoms with Crippen molar-refractivity contribution in [1.29, 1.82) is 0 Å². The molecule has 1 amide bonds. The highest BCUT2D eigenvalue weighted by Gasteiger charge is 2.57. The van der Waals surface area contributed by atoms with Gasteiger partial charge in [-0.05, 0) is 13.8 Å². The second-order valence-electron chi connectivity index (χ2n) is 14.7. The van der Waals surface area contributed by atoms with Crippen LogP contribution < -0.4 is 5.32 Å². The Morgan fingerprint density at radius 1 is 0.456 bits per heavy atom. The zero-order valence-corrected chi connectivity index (χ0v) is 30.9. The molecule has 57 heavy (non-hydrogen) atoms. The van der Waals surface area contributed by atoms with Crippen molar-refractivity contribution in [3.05, 3.63) is 0 Å². The number of aliphatic hydroxyl groups is 14. The van der Waals surface area contributed by atoms with Gasteiger partial charge in [0.2, 0.25) is 5.91 Å². The van der Waals surface area contributed by atoms with E-state index in [1.807, 2.05) is 0 Å². The topological polar surface area (TPSA) is 395 Å². The van der Waals surface area contributed by atoms with Crippen LogP contribution in [-0.4, -0.2) is 251 Å². The van der Waals surface area contributed by atoms with Crippen LogP contribution >= 0.6 is 0 Å². The van der Waals surface area contributed by atoms with Gasteiger partial charge in [-0.1, -0.05) is 0 Å². The van der Waals surface area contributed by atoms with Gasteiger partial charge in [0, 0.05) is 6.92 Å². The molecule has 0 radical (unpaired) electrons. The maximum absolute atomic E-state index is 12.1. The quantitative estimate of drug-likeness (QED) is 0.0867. The van der Waals surface area contributed by atoms with Crippen LogP contribution in [0.4, 0.5) is 0 Å². The second-order valence-corrected chi connectivity index (χ2v) is 14.7. The van der Waals surface area contributed by atoms with E-state index in [0.29, 0.717) is 0 Å². The van der Waals surface area contributed by atoms with Gasteiger partial charge in [-0.3, -0.25) is 4.79 Å². The Bertz CT molecular complexity index is 1290. The first kappa shape index (κ1) is 46.6. The first-order chi connectivity index (χ1) is 26.8. The summed E-state index contributed by atoms with van der Waals surface area (Å²) in [5.41, 5.74) is 0. The maximum atomic E-state index is 12.1. The zero-order chi connectivity index (χ0) is 42.2. The molecule has 15 N–H and O–H groups in total. The first-order valence-electron chi connectivity index (χ1n) is 18.3. The molecule has 5 saturated heterocycles. The van der Waals surface area contributed by atoms with Crippen LogP contribution in [0.5, 0.6) is 0 Å². The SMILES string of the molecule is CC(=O)N[C@H]1[C@@H](O[C@H]2[C@@H](O)[C@@H](CO)O[C@@H](O[C@H]3[C@H](O)[C@@H](O[C@@H]4O[C@@H](C)[C@@H](O)[C@@H](O)[C@@H]4O)C(O)O[C@@H]3CO)[C@@H]2O[C@@H]2O[C@@H](C)[C@@H](O)[C@@H](O)[C@@H]2O)O[C@H](CO)[C@H](O)[C@@H]1O. The van der Waals surface area contributed by atoms with Crippen LogP contribution in [0.15, 0.2) is 0 Å². The molecule has 5 rings (SSSR count). The smallest absolute Gasteiger partial charge is 0.217 e. The Morgan fingerprint density at radius 2 is 0.912 bits per heavy atom. The van der Waals surface area contributed by atoms with Crippen LogP contribution in [0.2, 0.25) is 0 Å². The predicted octanol–water partition coefficient (Wildman–Crippen LogP) is -9.73. The molecule has 0 bridgehead atoms. The van der Waals surface area contributed by atoms with Gasteiger partial charge in [0.05, 0.1) is 32.0 Å². The lowest BCUT2D eigenvalue weighted by Crippen LogP contribution is -2.70. The average Bonchev–Trinajstić information content (AvgIpc) is 3.17. The highest BCUT2D eigenvalue weighted by Crippen LogP contribution is 2.37. The molecule has 5 aliphatic rings. The van der Waals surface area contributed by atoms with E-state index in [-0.39, 0.29) is 0 Å². The van der Waals surface area contributed by atoms with E-state index < -0.39 is 179 Å². The Labute approximate surface area is 324 Å². The molecule has 1 unspecified atom stereocenters. The molecule has 25 atom stereocenters. The summed E-state index contributed by atoms with van der Waals surface area (Å²) in [5, 5.41) is 151. The molecular formula is C32H55NO24. The number of aliphatic hydroxyl groups excluding tert-OH is 14. The van der Waals surface area contributed by atoms with E-state index in [9.17, 15) is 76.3 Å². The average molecular weight is 838 g/mol. The van der Waals surface area contributed by atoms with E-state index in [1.54, 1.807) is 0 Å². The summed E-state index contributed by atoms with van der Waals surface area (Å²) in [5.74, 6) is -0.743. The summed E-state index contributed by atoms with van der Waals surface area (Å²) in [6, 6.07) is -1.59. The molecule has 0 saturated carbocycles. The molecule has 5 fully saturated rings. The van der Waals surface area contributed by atoms with Crippen molar-refractivity contribution in [3.63, 3.8) is 0 Å². The molecule has 0 aliphatic carbocycles. The van der Waals surface area contributed by atoms with E-state index >= 15 is 0 Å². The van der Waals surface area contributed by atoms with Gasteiger partial charge in [-0.15, -0.1) is 0 Å². The number of rotatable bonds is 12. The standard InChI is InChI=1S/C32H55NO24/c1-7-14(38)19(43)21(45)30(49-7)56-26-23(47)24(12(6-36)51-28(26)48)54-32-27(57-31-22(46)20(44)15(39)8(2)50-31)25(17(41)11(5-35)53-32)55-29-13(33-9(3)37)18(42)16(40)10(4-34)52-29/h7-8,10-32,34-36,38-48H,4-6H2,1-3H3,(H,33,37)/t7-,8-,10+,11+,12+,13+,14+,15+,16-,17-,18+,19+,20+,21-,22-,23-,24+,25-,26+,27+,28?,29+,30-,31-,32-/m0/s1. The minimum Gasteiger partial charge on any atom is -0.394 e. The van der Waals surface area contributed by atoms with E-state index in [1.165, 1.54) is 13.8 Å². The van der Waals surface area contributed by atoms with Gasteiger partial charge in [0.1, 0.15) is 110 Å². The van der Waals surface area contributed by atoms with E-state index in [2.05, 4.69) is 5.32 Å². The monoisotopic (exact) mass is 837 g/mol. The van der Waals surface area contributed by atoms with Gasteiger partial charge in [-0.25, -0.2) is 0 Å². The third kappa shape index (κ3) is 9.71. The fourth-order valence-corrected chi connectivity index (χ4v) is 7.28. The van der Waals surface area contributed by atoms with Crippen molar-refractivity contribution in [2.75, 3.05) is 19.8 Å². The Hall–Kier alpha value is -1.45. The summed E-state index contributed by atoms with van der Waals surface area (Å²) < 4.78 is 51.7. The van der Waals surface area contributed by atoms with Crippen molar-refractivity contribution in [3.8, 4) is 0 Å². The highest BCUT2D eigenvalue weighted by molar-refractivity contribution is 5.73. The summed E-state index contributed by atoms with van der Waals surface area (Å²) in [6.45, 7) is 0.931. The number of carbonyl (C=O) groups excluding carboxylic acids is 1. The van der Waals surface area contributed by atoms with Crippen molar-refractivity contribution >= 4 is 5.91 Å². The molecule has 0 aromatic rings. The first-order valence-corrected chi connectivity index (χ1v) is 18.3. The number of carbonyl (C=O) groups is 1. The van der Waals surface area contributed by atoms with Crippen molar-refractivity contribution in [2.45, 2.75) is 174 Å². The van der Waals surface area contributed by atoms with Crippen LogP contribution in [0.3, 0.4) is 0 Å². The lowest BCUT2D eigenvalue weighted by molar-refractivity contribution is -0.406. The van der Waals surface area contributed by atoms with Crippen LogP contribution in [0, 0.1) is 0 Å². The number of hydrogen-bond donors (Lipinski definition) is 15. The van der Waals surface area contributed by atoms with Gasteiger partial charge >= 0.3 is 0 Å². The molecule has 0 aromatic heterocycles. The number of ether oxygens (including phenoxy) is 9. The summed E-state index contributed by atoms with van der Waals surface area (Å²) in [6.07, 6.45) is -42.5. The van der Waals surface area contributed by atoms with Crippen molar-refractivity contribution < 1.29 is 119 Å². The molecule has 332 valence electrons. The molecule has 0 aromatic carbocycles. The van der Waals surface area contributed by atoms with Crippen molar-refractivity contribution in [1.82, 2.24) is 5.32 Å². The minimum atomic E-state index is -2.05. The minimum absolute atomic E-state index is 0.743. The summed E-state index contributed by atoms with van der Waals surface area (Å²) in [4.78, 5) is 12.1. The lowest BCUT2D eigenvalue weighted by Gasteiger charge is -2.51. The Balaban J connectivity index is 1.50. The van der Waals surface area contributed by atoms with Crippen LogP contribution in [-0.2, 0) is 47.4 Å². The maximum Gasteiger partial charge on any atom is 0.217 e. The second kappa shape index (κ2) is 19.5. The van der Waals surface area contributed by atoms with Gasteiger partial charge < -0.3 is 119 Å². The Morgan fingerprint density at radius 3 is 1.42 bits per heavy atom. The fourth-order valence-electron chi connectivity index (χ4n) is 7.28. The largest absolute Gasteiger partial charge is 0.394 e. The number of nitrogens with one attached hydrogen (secondary N) is 1. The predicted molar refractivity (Wildman–Crippen MR) is 175 cm³/mol. The number of hydrogen-bond acceptors (Lipinski definition) is 24. The summed E-state index contributed by atoms with van der Waals surface area (Å²) >= 11 is 0. The van der Waals surface area contributed by atoms with Gasteiger partial charge in [-0.2, -0.15) is 0 Å². The normalized spacial score (nSPS) is 52.3. The molecule has 25 nitrogen and oxygen atoms in total. The van der Waals surface area contributed by atoms with E-state index in [4.69, 9.17) is 42.6 Å². The zero-order valence-electron chi connectivity index (χ0n) is 30.9. The van der Waals surface area contributed by atoms with Gasteiger partial charge in [0.25, 0.3) is 0 Å². The molecular weight excluding hydrogens is 782 g/mol. The fraction of sp³-hybridized carbons (Fsp3) is 0.969. The Kier molecular flexibility index (Phi) is 16.0. The summed E-state index contributed by atoms with van der Waals surface area (Å²) in [7, 11) is 0. The van der Waals surface area contributed by atoms with Crippen molar-refractivity contribution in [2.24, 2.45) is 0 Å². The van der Waals surface area contributed by atoms with Gasteiger partial charge in [0.15, 0.2) is 31.5 Å². The third-order valence-electron chi connectivity index (χ3n) is 10.6. The molecule has 5 aliphatic heterocycles.